The second kappa shape index (κ2) is 9.81. The van der Waals surface area contributed by atoms with Crippen LogP contribution in [-0.4, -0.2) is 78.2 Å². The van der Waals surface area contributed by atoms with E-state index in [1.807, 2.05) is 29.1 Å². The van der Waals surface area contributed by atoms with Gasteiger partial charge in [0, 0.05) is 32.2 Å². The Morgan fingerprint density at radius 1 is 0.969 bits per heavy atom. The third-order valence-corrected chi connectivity index (χ3v) is 6.13. The van der Waals surface area contributed by atoms with Gasteiger partial charge in [-0.1, -0.05) is 12.1 Å². The molecule has 0 aliphatic carbocycles. The molecule has 1 atom stereocenters. The van der Waals surface area contributed by atoms with Gasteiger partial charge in [-0.25, -0.2) is 4.98 Å². The Balaban J connectivity index is 1.48. The van der Waals surface area contributed by atoms with Crippen molar-refractivity contribution in [3.8, 4) is 5.95 Å². The number of unbranched alkanes of at least 4 members (excludes halogenated alkanes) is 1. The van der Waals surface area contributed by atoms with Crippen LogP contribution < -0.4 is 15.5 Å². The Hall–Kier alpha value is -2.75. The number of hydrogen-bond acceptors (Lipinski definition) is 8. The SMILES string of the molecule is NCCCCC1CN(c2cc(N3CCOCC3)nc(-n3cnc4ccccc43)n2)CCO1. The number of aromatic nitrogens is 4. The summed E-state index contributed by atoms with van der Waals surface area (Å²) in [7, 11) is 0. The summed E-state index contributed by atoms with van der Waals surface area (Å²) < 4.78 is 13.5. The van der Waals surface area contributed by atoms with Crippen molar-refractivity contribution in [1.29, 1.82) is 0 Å². The van der Waals surface area contributed by atoms with Crippen LogP contribution in [0.25, 0.3) is 17.0 Å². The monoisotopic (exact) mass is 437 g/mol. The predicted molar refractivity (Wildman–Crippen MR) is 125 cm³/mol. The number of rotatable bonds is 7. The summed E-state index contributed by atoms with van der Waals surface area (Å²) in [6.07, 6.45) is 5.15. The maximum atomic E-state index is 6.01. The lowest BCUT2D eigenvalue weighted by Gasteiger charge is -2.35. The molecule has 5 rings (SSSR count). The molecule has 1 aromatic carbocycles. The van der Waals surface area contributed by atoms with Crippen molar-refractivity contribution in [2.75, 3.05) is 62.3 Å². The van der Waals surface area contributed by atoms with Gasteiger partial charge in [-0.15, -0.1) is 0 Å². The van der Waals surface area contributed by atoms with Crippen LogP contribution in [0.2, 0.25) is 0 Å². The van der Waals surface area contributed by atoms with E-state index in [1.54, 1.807) is 0 Å². The number of hydrogen-bond donors (Lipinski definition) is 1. The summed E-state index contributed by atoms with van der Waals surface area (Å²) in [4.78, 5) is 19.1. The number of imidazole rings is 1. The van der Waals surface area contributed by atoms with Crippen molar-refractivity contribution >= 4 is 22.7 Å². The Kier molecular flexibility index (Phi) is 6.47. The molecular weight excluding hydrogens is 406 g/mol. The van der Waals surface area contributed by atoms with Crippen molar-refractivity contribution in [3.63, 3.8) is 0 Å². The van der Waals surface area contributed by atoms with E-state index in [0.29, 0.717) is 25.8 Å². The van der Waals surface area contributed by atoms with Gasteiger partial charge in [-0.3, -0.25) is 4.57 Å². The molecule has 170 valence electrons. The molecule has 9 nitrogen and oxygen atoms in total. The average Bonchev–Trinajstić information content (AvgIpc) is 3.29. The highest BCUT2D eigenvalue weighted by Gasteiger charge is 2.24. The summed E-state index contributed by atoms with van der Waals surface area (Å²) in [5.41, 5.74) is 7.59. The highest BCUT2D eigenvalue weighted by Crippen LogP contribution is 2.26. The first kappa shape index (κ1) is 21.1. The van der Waals surface area contributed by atoms with E-state index in [-0.39, 0.29) is 6.10 Å². The topological polar surface area (TPSA) is 94.6 Å². The van der Waals surface area contributed by atoms with E-state index >= 15 is 0 Å². The van der Waals surface area contributed by atoms with Gasteiger partial charge in [-0.2, -0.15) is 9.97 Å². The van der Waals surface area contributed by atoms with E-state index in [4.69, 9.17) is 25.2 Å². The van der Waals surface area contributed by atoms with E-state index in [9.17, 15) is 0 Å². The number of anilines is 2. The zero-order valence-corrected chi connectivity index (χ0v) is 18.4. The van der Waals surface area contributed by atoms with Crippen LogP contribution in [-0.2, 0) is 9.47 Å². The predicted octanol–water partition coefficient (Wildman–Crippen LogP) is 1.99. The van der Waals surface area contributed by atoms with Crippen molar-refractivity contribution in [2.24, 2.45) is 5.73 Å². The van der Waals surface area contributed by atoms with Crippen LogP contribution in [0.5, 0.6) is 0 Å². The molecule has 2 aromatic heterocycles. The second-order valence-corrected chi connectivity index (χ2v) is 8.31. The van der Waals surface area contributed by atoms with Gasteiger partial charge >= 0.3 is 0 Å². The molecule has 9 heteroatoms. The molecule has 4 heterocycles. The smallest absolute Gasteiger partial charge is 0.239 e. The second-order valence-electron chi connectivity index (χ2n) is 8.31. The summed E-state index contributed by atoms with van der Waals surface area (Å²) >= 11 is 0. The van der Waals surface area contributed by atoms with Gasteiger partial charge in [0.25, 0.3) is 0 Å². The van der Waals surface area contributed by atoms with Crippen LogP contribution in [0.15, 0.2) is 36.7 Å². The van der Waals surface area contributed by atoms with E-state index < -0.39 is 0 Å². The molecular formula is C23H31N7O2. The third kappa shape index (κ3) is 4.55. The summed E-state index contributed by atoms with van der Waals surface area (Å²) in [5, 5.41) is 0. The lowest BCUT2D eigenvalue weighted by molar-refractivity contribution is 0.0335. The minimum atomic E-state index is 0.203. The van der Waals surface area contributed by atoms with Crippen molar-refractivity contribution < 1.29 is 9.47 Å². The Labute approximate surface area is 188 Å². The molecule has 2 aliphatic heterocycles. The van der Waals surface area contributed by atoms with Crippen LogP contribution >= 0.6 is 0 Å². The third-order valence-electron chi connectivity index (χ3n) is 6.13. The first-order chi connectivity index (χ1) is 15.8. The van der Waals surface area contributed by atoms with Crippen LogP contribution in [0, 0.1) is 0 Å². The number of para-hydroxylation sites is 2. The maximum Gasteiger partial charge on any atom is 0.239 e. The fourth-order valence-electron chi connectivity index (χ4n) is 4.37. The van der Waals surface area contributed by atoms with Gasteiger partial charge in [-0.05, 0) is 37.9 Å². The summed E-state index contributed by atoms with van der Waals surface area (Å²) in [6, 6.07) is 10.2. The van der Waals surface area contributed by atoms with Crippen LogP contribution in [0.4, 0.5) is 11.6 Å². The molecule has 0 bridgehead atoms. The molecule has 0 radical (unpaired) electrons. The standard InChI is InChI=1S/C23H31N7O2/c24-8-4-3-5-18-16-29(11-14-32-18)22-15-21(28-9-12-31-13-10-28)26-23(27-22)30-17-25-19-6-1-2-7-20(19)30/h1-2,6-7,15,17-18H,3-5,8-14,16,24H2. The molecule has 2 fully saturated rings. The minimum absolute atomic E-state index is 0.203. The molecule has 2 N–H and O–H groups in total. The van der Waals surface area contributed by atoms with Gasteiger partial charge in [0.05, 0.1) is 37.0 Å². The molecule has 32 heavy (non-hydrogen) atoms. The molecule has 0 amide bonds. The number of nitrogens with zero attached hydrogens (tertiary/aromatic N) is 6. The van der Waals surface area contributed by atoms with Gasteiger partial charge in [0.1, 0.15) is 18.0 Å². The summed E-state index contributed by atoms with van der Waals surface area (Å²) in [5.74, 6) is 2.50. The quantitative estimate of drug-likeness (QED) is 0.561. The van der Waals surface area contributed by atoms with E-state index in [0.717, 1.165) is 74.7 Å². The number of morpholine rings is 2. The van der Waals surface area contributed by atoms with Gasteiger partial charge in [0.2, 0.25) is 5.95 Å². The van der Waals surface area contributed by atoms with Gasteiger partial charge in [0.15, 0.2) is 0 Å². The van der Waals surface area contributed by atoms with Crippen molar-refractivity contribution in [1.82, 2.24) is 19.5 Å². The van der Waals surface area contributed by atoms with Crippen molar-refractivity contribution in [2.45, 2.75) is 25.4 Å². The van der Waals surface area contributed by atoms with Gasteiger partial charge < -0.3 is 25.0 Å². The zero-order chi connectivity index (χ0) is 21.8. The fraction of sp³-hybridized carbons (Fsp3) is 0.522. The first-order valence-electron chi connectivity index (χ1n) is 11.5. The largest absolute Gasteiger partial charge is 0.378 e. The van der Waals surface area contributed by atoms with E-state index in [2.05, 4.69) is 26.9 Å². The maximum absolute atomic E-state index is 6.01. The lowest BCUT2D eigenvalue weighted by atomic mass is 10.1. The molecule has 0 saturated carbocycles. The van der Waals surface area contributed by atoms with Crippen molar-refractivity contribution in [3.05, 3.63) is 36.7 Å². The number of ether oxygens (including phenoxy) is 2. The number of fused-ring (bicyclic) bond motifs is 1. The molecule has 3 aromatic rings. The molecule has 0 spiro atoms. The Morgan fingerprint density at radius 2 is 1.75 bits per heavy atom. The molecule has 2 aliphatic rings. The normalized spacial score (nSPS) is 19.6. The highest BCUT2D eigenvalue weighted by molar-refractivity contribution is 5.76. The molecule has 1 unspecified atom stereocenters. The lowest BCUT2D eigenvalue weighted by Crippen LogP contribution is -2.43. The Morgan fingerprint density at radius 3 is 2.59 bits per heavy atom. The first-order valence-corrected chi connectivity index (χ1v) is 11.5. The van der Waals surface area contributed by atoms with Crippen LogP contribution in [0.1, 0.15) is 19.3 Å². The van der Waals surface area contributed by atoms with Crippen LogP contribution in [0.3, 0.4) is 0 Å². The minimum Gasteiger partial charge on any atom is -0.378 e. The average molecular weight is 438 g/mol. The van der Waals surface area contributed by atoms with E-state index in [1.165, 1.54) is 0 Å². The fourth-order valence-corrected chi connectivity index (χ4v) is 4.37. The number of nitrogens with two attached hydrogens (primary N) is 1. The summed E-state index contributed by atoms with van der Waals surface area (Å²) in [6.45, 7) is 6.15. The molecule has 2 saturated heterocycles. The zero-order valence-electron chi connectivity index (χ0n) is 18.4. The highest BCUT2D eigenvalue weighted by atomic mass is 16.5. The number of benzene rings is 1. The Bertz CT molecular complexity index is 1030.